The van der Waals surface area contributed by atoms with E-state index in [4.69, 9.17) is 9.47 Å². The van der Waals surface area contributed by atoms with Crippen molar-refractivity contribution in [1.29, 1.82) is 0 Å². The summed E-state index contributed by atoms with van der Waals surface area (Å²) < 4.78 is 55.6. The highest BCUT2D eigenvalue weighted by Crippen LogP contribution is 2.22. The van der Waals surface area contributed by atoms with Gasteiger partial charge in [-0.05, 0) is 24.6 Å². The Kier molecular flexibility index (Phi) is 8.78. The van der Waals surface area contributed by atoms with E-state index in [9.17, 15) is 27.9 Å². The summed E-state index contributed by atoms with van der Waals surface area (Å²) in [5.41, 5.74) is 0.339. The molecule has 0 fully saturated rings. The van der Waals surface area contributed by atoms with E-state index < -0.39 is 30.0 Å². The normalized spacial score (nSPS) is 12.0. The van der Waals surface area contributed by atoms with E-state index in [1.807, 2.05) is 13.0 Å². The van der Waals surface area contributed by atoms with Crippen LogP contribution in [0.2, 0.25) is 0 Å². The molecule has 14 heteroatoms. The van der Waals surface area contributed by atoms with E-state index in [1.54, 1.807) is 12.3 Å². The molecule has 0 aliphatic rings. The summed E-state index contributed by atoms with van der Waals surface area (Å²) in [6.07, 6.45) is -1.50. The van der Waals surface area contributed by atoms with E-state index in [2.05, 4.69) is 27.9 Å². The second-order valence-electron chi connectivity index (χ2n) is 7.94. The Labute approximate surface area is 214 Å². The van der Waals surface area contributed by atoms with Gasteiger partial charge in [0.15, 0.2) is 11.2 Å². The highest BCUT2D eigenvalue weighted by atomic mass is 19.4. The highest BCUT2D eigenvalue weighted by molar-refractivity contribution is 5.72. The maximum atomic E-state index is 13.2. The van der Waals surface area contributed by atoms with Gasteiger partial charge in [0.25, 0.3) is 11.6 Å². The Morgan fingerprint density at radius 2 is 1.95 bits per heavy atom. The number of rotatable bonds is 12. The molecule has 0 aliphatic heterocycles. The van der Waals surface area contributed by atoms with Gasteiger partial charge in [-0.1, -0.05) is 19.2 Å². The molecule has 0 aromatic carbocycles. The Bertz CT molecular complexity index is 1470. The molecule has 3 aromatic heterocycles. The van der Waals surface area contributed by atoms with Gasteiger partial charge >= 0.3 is 12.1 Å². The number of fused-ring (bicyclic) bond motifs is 1. The van der Waals surface area contributed by atoms with Crippen molar-refractivity contribution in [2.24, 2.45) is 7.05 Å². The number of aliphatic hydroxyl groups is 1. The third-order valence-corrected chi connectivity index (χ3v) is 5.17. The molecule has 0 amide bonds. The number of pyridine rings is 1. The van der Waals surface area contributed by atoms with Crippen LogP contribution in [0.25, 0.3) is 11.2 Å². The van der Waals surface area contributed by atoms with Crippen LogP contribution in [-0.2, 0) is 29.6 Å². The lowest BCUT2D eigenvalue weighted by Gasteiger charge is -2.12. The number of ether oxygens (including phenoxy) is 3. The first-order valence-corrected chi connectivity index (χ1v) is 11.2. The van der Waals surface area contributed by atoms with Crippen molar-refractivity contribution >= 4 is 11.2 Å². The molecule has 0 atom stereocenters. The van der Waals surface area contributed by atoms with E-state index in [0.717, 1.165) is 28.0 Å². The molecule has 0 saturated carbocycles. The van der Waals surface area contributed by atoms with Crippen LogP contribution < -0.4 is 16.0 Å². The average Bonchev–Trinajstić information content (AvgIpc) is 3.21. The first-order valence-electron chi connectivity index (χ1n) is 11.2. The predicted molar refractivity (Wildman–Crippen MR) is 130 cm³/mol. The summed E-state index contributed by atoms with van der Waals surface area (Å²) in [6.45, 7) is 7.80. The molecule has 1 N–H and O–H groups in total. The van der Waals surface area contributed by atoms with E-state index in [0.29, 0.717) is 0 Å². The van der Waals surface area contributed by atoms with E-state index >= 15 is 0 Å². The lowest BCUT2D eigenvalue weighted by molar-refractivity contribution is -0.303. The standard InChI is InChI=1S/C24H26F3N5O6/c1-5-18(38-24(25,26)27)12-16(3)36-10-11-37-22-29-20-19(21(34)31(8-9-33)23(35)30(20)4)32(22)14-17-7-6-15(2)28-13-17/h5-7,12-13,33H,1,3,8-11,14H2,2,4H3/b18-12+. The number of aliphatic hydroxyl groups excluding tert-OH is 1. The quantitative estimate of drug-likeness (QED) is 0.212. The summed E-state index contributed by atoms with van der Waals surface area (Å²) in [4.78, 5) is 34.4. The van der Waals surface area contributed by atoms with Gasteiger partial charge in [0, 0.05) is 25.0 Å². The number of aryl methyl sites for hydroxylation is 2. The molecule has 0 radical (unpaired) electrons. The molecule has 0 unspecified atom stereocenters. The smallest absolute Gasteiger partial charge is 0.491 e. The van der Waals surface area contributed by atoms with Crippen molar-refractivity contribution in [3.05, 3.63) is 87.3 Å². The lowest BCUT2D eigenvalue weighted by atomic mass is 10.2. The Balaban J connectivity index is 1.88. The van der Waals surface area contributed by atoms with Crippen LogP contribution in [0.4, 0.5) is 13.2 Å². The van der Waals surface area contributed by atoms with Gasteiger partial charge in [-0.15, -0.1) is 13.2 Å². The van der Waals surface area contributed by atoms with Crippen LogP contribution in [-0.4, -0.2) is 55.0 Å². The number of hydrogen-bond donors (Lipinski definition) is 1. The topological polar surface area (TPSA) is 123 Å². The summed E-state index contributed by atoms with van der Waals surface area (Å²) in [5, 5.41) is 9.32. The molecule has 0 spiro atoms. The van der Waals surface area contributed by atoms with Crippen molar-refractivity contribution < 1.29 is 32.5 Å². The van der Waals surface area contributed by atoms with Crippen molar-refractivity contribution in [2.75, 3.05) is 19.8 Å². The minimum absolute atomic E-state index is 0.00800. The average molecular weight is 537 g/mol. The fraction of sp³-hybridized carbons (Fsp3) is 0.333. The maximum Gasteiger partial charge on any atom is 0.573 e. The van der Waals surface area contributed by atoms with E-state index in [-0.39, 0.29) is 49.2 Å². The molecule has 0 saturated heterocycles. The lowest BCUT2D eigenvalue weighted by Crippen LogP contribution is -2.40. The van der Waals surface area contributed by atoms with Crippen molar-refractivity contribution in [3.8, 4) is 6.01 Å². The van der Waals surface area contributed by atoms with Crippen LogP contribution in [0.5, 0.6) is 6.01 Å². The molecule has 3 heterocycles. The van der Waals surface area contributed by atoms with E-state index in [1.165, 1.54) is 16.2 Å². The van der Waals surface area contributed by atoms with Crippen molar-refractivity contribution in [3.63, 3.8) is 0 Å². The van der Waals surface area contributed by atoms with Gasteiger partial charge in [-0.2, -0.15) is 4.98 Å². The van der Waals surface area contributed by atoms with Gasteiger partial charge in [-0.3, -0.25) is 23.5 Å². The van der Waals surface area contributed by atoms with Crippen LogP contribution in [0.1, 0.15) is 11.3 Å². The van der Waals surface area contributed by atoms with Gasteiger partial charge in [-0.25, -0.2) is 4.79 Å². The fourth-order valence-corrected chi connectivity index (χ4v) is 3.45. The number of alkyl halides is 3. The molecule has 11 nitrogen and oxygen atoms in total. The Hall–Kier alpha value is -4.33. The third kappa shape index (κ3) is 6.70. The molecule has 204 valence electrons. The fourth-order valence-electron chi connectivity index (χ4n) is 3.45. The summed E-state index contributed by atoms with van der Waals surface area (Å²) in [7, 11) is 1.44. The third-order valence-electron chi connectivity index (χ3n) is 5.17. The summed E-state index contributed by atoms with van der Waals surface area (Å²) in [5.74, 6) is -0.738. The monoisotopic (exact) mass is 537 g/mol. The molecule has 0 bridgehead atoms. The minimum Gasteiger partial charge on any atom is -0.491 e. The van der Waals surface area contributed by atoms with Crippen LogP contribution in [0.15, 0.2) is 64.7 Å². The summed E-state index contributed by atoms with van der Waals surface area (Å²) >= 11 is 0. The largest absolute Gasteiger partial charge is 0.573 e. The van der Waals surface area contributed by atoms with Gasteiger partial charge in [0.2, 0.25) is 0 Å². The van der Waals surface area contributed by atoms with Crippen LogP contribution in [0.3, 0.4) is 0 Å². The maximum absolute atomic E-state index is 13.2. The second-order valence-corrected chi connectivity index (χ2v) is 7.94. The zero-order valence-corrected chi connectivity index (χ0v) is 20.7. The first kappa shape index (κ1) is 28.2. The molecule has 38 heavy (non-hydrogen) atoms. The second kappa shape index (κ2) is 11.8. The number of aromatic nitrogens is 5. The number of hydrogen-bond acceptors (Lipinski definition) is 8. The molecule has 0 aliphatic carbocycles. The van der Waals surface area contributed by atoms with Gasteiger partial charge < -0.3 is 19.3 Å². The number of halogens is 3. The molecular weight excluding hydrogens is 511 g/mol. The predicted octanol–water partition coefficient (Wildman–Crippen LogP) is 2.16. The Morgan fingerprint density at radius 3 is 2.55 bits per heavy atom. The number of imidazole rings is 1. The minimum atomic E-state index is -4.90. The molecule has 3 aromatic rings. The van der Waals surface area contributed by atoms with Gasteiger partial charge in [0.05, 0.1) is 19.7 Å². The Morgan fingerprint density at radius 1 is 1.21 bits per heavy atom. The summed E-state index contributed by atoms with van der Waals surface area (Å²) in [6, 6.07) is 3.60. The highest BCUT2D eigenvalue weighted by Gasteiger charge is 2.31. The van der Waals surface area contributed by atoms with Crippen LogP contribution >= 0.6 is 0 Å². The van der Waals surface area contributed by atoms with Crippen molar-refractivity contribution in [1.82, 2.24) is 23.7 Å². The van der Waals surface area contributed by atoms with Gasteiger partial charge in [0.1, 0.15) is 24.7 Å². The number of nitrogens with zero attached hydrogens (tertiary/aromatic N) is 5. The first-order chi connectivity index (χ1) is 17.9. The molecule has 3 rings (SSSR count). The zero-order chi connectivity index (χ0) is 28.0. The molecular formula is C24H26F3N5O6. The number of allylic oxidation sites excluding steroid dienone is 2. The SMILES string of the molecule is C=C/C(=C\C(=C)OCCOc1nc2c(c(=O)n(CCO)c(=O)n2C)n1Cc1ccc(C)nc1)OC(F)(F)F. The van der Waals surface area contributed by atoms with Crippen molar-refractivity contribution in [2.45, 2.75) is 26.4 Å². The van der Waals surface area contributed by atoms with Crippen LogP contribution in [0, 0.1) is 6.92 Å². The zero-order valence-electron chi connectivity index (χ0n) is 20.7.